The van der Waals surface area contributed by atoms with Crippen molar-refractivity contribution in [3.8, 4) is 16.9 Å². The van der Waals surface area contributed by atoms with Crippen molar-refractivity contribution in [3.05, 3.63) is 53.6 Å². The van der Waals surface area contributed by atoms with Gasteiger partial charge in [-0.2, -0.15) is 0 Å². The zero-order valence-electron chi connectivity index (χ0n) is 9.87. The molecule has 96 valence electrons. The van der Waals surface area contributed by atoms with Crippen LogP contribution in [-0.2, 0) is 0 Å². The first kappa shape index (κ1) is 14.5. The summed E-state index contributed by atoms with van der Waals surface area (Å²) in [4.78, 5) is 0. The molecule has 1 nitrogen and oxygen atoms in total. The molecule has 0 fully saturated rings. The maximum atomic E-state index is 9.62. The molecule has 0 aliphatic carbocycles. The number of hydrogen-bond donors (Lipinski definition) is 0. The minimum absolute atomic E-state index is 0.757. The van der Waals surface area contributed by atoms with Crippen LogP contribution in [0.1, 0.15) is 0 Å². The van der Waals surface area contributed by atoms with Gasteiger partial charge >= 0.3 is 0 Å². The van der Waals surface area contributed by atoms with Crippen LogP contribution in [0.3, 0.4) is 0 Å². The molecule has 0 aliphatic heterocycles. The molecule has 18 heavy (non-hydrogen) atoms. The van der Waals surface area contributed by atoms with E-state index in [0.717, 1.165) is 21.9 Å². The van der Waals surface area contributed by atoms with E-state index in [0.29, 0.717) is 0 Å². The Morgan fingerprint density at radius 2 is 1.28 bits per heavy atom. The van der Waals surface area contributed by atoms with E-state index in [2.05, 4.69) is 0 Å². The van der Waals surface area contributed by atoms with Gasteiger partial charge in [-0.05, 0) is 35.4 Å². The highest BCUT2D eigenvalue weighted by Crippen LogP contribution is 2.23. The number of halogens is 3. The number of hydrogen-bond acceptors (Lipinski definition) is 1. The summed E-state index contributed by atoms with van der Waals surface area (Å²) in [5.41, 5.74) is 2.31. The Labute approximate surface area is 110 Å². The largest absolute Gasteiger partial charge is 0.497 e. The monoisotopic (exact) mass is 270 g/mol. The molecule has 2 rings (SSSR count). The van der Waals surface area contributed by atoms with Crippen LogP contribution in [-0.4, -0.2) is 14.0 Å². The fourth-order valence-electron chi connectivity index (χ4n) is 1.43. The molecule has 2 aromatic rings. The van der Waals surface area contributed by atoms with Crippen LogP contribution in [0.5, 0.6) is 5.75 Å². The Kier molecular flexibility index (Phi) is 6.15. The Balaban J connectivity index is 0.000000492. The molecule has 0 saturated carbocycles. The lowest BCUT2D eigenvalue weighted by Gasteiger charge is -2.03. The van der Waals surface area contributed by atoms with Crippen molar-refractivity contribution in [2.45, 2.75) is 0 Å². The Hall–Kier alpha value is -1.61. The van der Waals surface area contributed by atoms with Crippen LogP contribution in [0.2, 0.25) is 5.02 Å². The summed E-state index contributed by atoms with van der Waals surface area (Å²) in [5, 5.41) is 0.757. The van der Waals surface area contributed by atoms with Gasteiger partial charge in [-0.15, -0.1) is 0 Å². The van der Waals surface area contributed by atoms with Gasteiger partial charge in [0.1, 0.15) is 5.75 Å². The fourth-order valence-corrected chi connectivity index (χ4v) is 1.55. The molecule has 0 aliphatic rings. The first-order chi connectivity index (χ1) is 8.71. The maximum Gasteiger partial charge on any atom is 0.229 e. The second kappa shape index (κ2) is 7.67. The molecule has 0 saturated heterocycles. The minimum atomic E-state index is -1.75. The third-order valence-corrected chi connectivity index (χ3v) is 2.52. The van der Waals surface area contributed by atoms with Gasteiger partial charge in [-0.25, -0.2) is 8.78 Å². The zero-order chi connectivity index (χ0) is 13.4. The van der Waals surface area contributed by atoms with E-state index >= 15 is 0 Å². The molecule has 0 N–H and O–H groups in total. The van der Waals surface area contributed by atoms with Crippen molar-refractivity contribution in [3.63, 3.8) is 0 Å². The maximum absolute atomic E-state index is 9.62. The predicted octanol–water partition coefficient (Wildman–Crippen LogP) is 4.90. The van der Waals surface area contributed by atoms with Crippen molar-refractivity contribution in [1.29, 1.82) is 0 Å². The first-order valence-corrected chi connectivity index (χ1v) is 5.61. The number of rotatable bonds is 2. The van der Waals surface area contributed by atoms with E-state index in [-0.39, 0.29) is 0 Å². The fraction of sp³-hybridized carbons (Fsp3) is 0.143. The van der Waals surface area contributed by atoms with E-state index in [1.165, 1.54) is 0 Å². The second-order valence-electron chi connectivity index (χ2n) is 3.34. The molecule has 4 heteroatoms. The summed E-state index contributed by atoms with van der Waals surface area (Å²) in [6.07, 6.45) is 0. The van der Waals surface area contributed by atoms with Gasteiger partial charge in [0.15, 0.2) is 0 Å². The summed E-state index contributed by atoms with van der Waals surface area (Å²) >= 11 is 5.83. The van der Waals surface area contributed by atoms with Gasteiger partial charge in [0.05, 0.1) is 7.11 Å². The SMILES string of the molecule is COc1ccc(-c2ccc(Cl)cc2)cc1.FCF. The van der Waals surface area contributed by atoms with Crippen LogP contribution in [0.15, 0.2) is 48.5 Å². The lowest BCUT2D eigenvalue weighted by molar-refractivity contribution is 0.295. The van der Waals surface area contributed by atoms with Gasteiger partial charge in [0, 0.05) is 5.02 Å². The second-order valence-corrected chi connectivity index (χ2v) is 3.77. The van der Waals surface area contributed by atoms with Gasteiger partial charge in [-0.1, -0.05) is 35.9 Å². The lowest BCUT2D eigenvalue weighted by atomic mass is 10.1. The summed E-state index contributed by atoms with van der Waals surface area (Å²) in [6, 6.07) is 15.7. The summed E-state index contributed by atoms with van der Waals surface area (Å²) in [6.45, 7) is -1.75. The average molecular weight is 271 g/mol. The van der Waals surface area contributed by atoms with Crippen LogP contribution in [0.25, 0.3) is 11.1 Å². The van der Waals surface area contributed by atoms with E-state index in [9.17, 15) is 8.78 Å². The molecule has 0 bridgehead atoms. The van der Waals surface area contributed by atoms with E-state index in [1.54, 1.807) is 7.11 Å². The zero-order valence-corrected chi connectivity index (χ0v) is 10.6. The number of alkyl halides is 2. The molecular formula is C14H13ClF2O. The van der Waals surface area contributed by atoms with E-state index < -0.39 is 6.93 Å². The summed E-state index contributed by atoms with van der Waals surface area (Å²) in [5.74, 6) is 0.868. The van der Waals surface area contributed by atoms with Crippen molar-refractivity contribution in [2.75, 3.05) is 14.0 Å². The van der Waals surface area contributed by atoms with Crippen molar-refractivity contribution in [1.82, 2.24) is 0 Å². The molecule has 0 amide bonds. The predicted molar refractivity (Wildman–Crippen MR) is 70.5 cm³/mol. The Morgan fingerprint density at radius 3 is 1.67 bits per heavy atom. The molecule has 0 atom stereocenters. The standard InChI is InChI=1S/C13H11ClO.CH2F2/c1-15-13-8-4-11(5-9-13)10-2-6-12(14)7-3-10;2-1-3/h2-9H,1H3;1H2. The van der Waals surface area contributed by atoms with Gasteiger partial charge in [-0.3, -0.25) is 0 Å². The highest BCUT2D eigenvalue weighted by molar-refractivity contribution is 6.30. The van der Waals surface area contributed by atoms with Crippen LogP contribution in [0.4, 0.5) is 8.78 Å². The lowest BCUT2D eigenvalue weighted by Crippen LogP contribution is -1.82. The van der Waals surface area contributed by atoms with Crippen molar-refractivity contribution in [2.24, 2.45) is 0 Å². The topological polar surface area (TPSA) is 9.23 Å². The number of benzene rings is 2. The smallest absolute Gasteiger partial charge is 0.229 e. The highest BCUT2D eigenvalue weighted by atomic mass is 35.5. The Morgan fingerprint density at radius 1 is 0.889 bits per heavy atom. The first-order valence-electron chi connectivity index (χ1n) is 5.23. The molecule has 0 unspecified atom stereocenters. The number of methoxy groups -OCH3 is 1. The van der Waals surface area contributed by atoms with E-state index in [1.807, 2.05) is 48.5 Å². The molecule has 2 aromatic carbocycles. The van der Waals surface area contributed by atoms with Crippen LogP contribution in [0, 0.1) is 0 Å². The quantitative estimate of drug-likeness (QED) is 0.754. The average Bonchev–Trinajstić information content (AvgIpc) is 2.41. The summed E-state index contributed by atoms with van der Waals surface area (Å²) < 4.78 is 24.4. The van der Waals surface area contributed by atoms with Gasteiger partial charge < -0.3 is 4.74 Å². The highest BCUT2D eigenvalue weighted by Gasteiger charge is 1.97. The normalized spacial score (nSPS) is 9.33. The molecule has 0 spiro atoms. The molecule has 0 heterocycles. The molecular weight excluding hydrogens is 258 g/mol. The van der Waals surface area contributed by atoms with Crippen LogP contribution < -0.4 is 4.74 Å². The van der Waals surface area contributed by atoms with Gasteiger partial charge in [0.25, 0.3) is 0 Å². The van der Waals surface area contributed by atoms with Gasteiger partial charge in [0.2, 0.25) is 6.93 Å². The van der Waals surface area contributed by atoms with Crippen molar-refractivity contribution >= 4 is 11.6 Å². The minimum Gasteiger partial charge on any atom is -0.497 e. The van der Waals surface area contributed by atoms with E-state index in [4.69, 9.17) is 16.3 Å². The summed E-state index contributed by atoms with van der Waals surface area (Å²) in [7, 11) is 1.66. The molecule has 0 radical (unpaired) electrons. The third kappa shape index (κ3) is 4.34. The van der Waals surface area contributed by atoms with Crippen molar-refractivity contribution < 1.29 is 13.5 Å². The molecule has 0 aromatic heterocycles. The third-order valence-electron chi connectivity index (χ3n) is 2.27. The Bertz CT molecular complexity index is 454. The number of ether oxygens (including phenoxy) is 1. The van der Waals surface area contributed by atoms with Crippen LogP contribution >= 0.6 is 11.6 Å².